The zero-order chi connectivity index (χ0) is 29.0. The van der Waals surface area contributed by atoms with E-state index in [0.717, 1.165) is 21.5 Å². The van der Waals surface area contributed by atoms with Gasteiger partial charge in [0.1, 0.15) is 11.5 Å². The normalized spacial score (nSPS) is 10.8. The molecule has 5 rings (SSSR count). The number of fused-ring (bicyclic) bond motifs is 2. The Bertz CT molecular complexity index is 1480. The summed E-state index contributed by atoms with van der Waals surface area (Å²) in [7, 11) is 0. The van der Waals surface area contributed by atoms with Crippen molar-refractivity contribution in [3.05, 3.63) is 105 Å². The van der Waals surface area contributed by atoms with Gasteiger partial charge >= 0.3 is 58.0 Å². The Morgan fingerprint density at radius 2 is 1.02 bits per heavy atom. The molecule has 0 fully saturated rings. The summed E-state index contributed by atoms with van der Waals surface area (Å²) in [6, 6.07) is 24.1. The van der Waals surface area contributed by atoms with E-state index in [0.29, 0.717) is 11.5 Å². The number of aromatic hydroxyl groups is 2. The van der Waals surface area contributed by atoms with Gasteiger partial charge in [-0.1, -0.05) is 90.1 Å². The molecule has 1 aromatic heterocycles. The van der Waals surface area contributed by atoms with Crippen molar-refractivity contribution in [3.63, 3.8) is 0 Å². The summed E-state index contributed by atoms with van der Waals surface area (Å²) in [5, 5.41) is 26.4. The van der Waals surface area contributed by atoms with Crippen molar-refractivity contribution < 1.29 is 30.2 Å². The van der Waals surface area contributed by atoms with Gasteiger partial charge in [-0.05, 0) is 69.8 Å². The number of phenolic OH excluding ortho intramolecular Hbond substituents is 2. The van der Waals surface area contributed by atoms with Crippen molar-refractivity contribution in [3.8, 4) is 11.5 Å². The molecule has 4 aromatic carbocycles. The van der Waals surface area contributed by atoms with E-state index >= 15 is 0 Å². The SMILES string of the molecule is Cc1ccc(O)c2c(C(C)(C)C)cccc12.Cc1ccc(O)c2c(C(C)(C)C)cccc12.Cl.Cl.[Ti]=[CH]c1cccs1. The number of hydrogen-bond donors (Lipinski definition) is 2. The zero-order valence-corrected chi connectivity index (χ0v) is 29.2. The summed E-state index contributed by atoms with van der Waals surface area (Å²) in [6.07, 6.45) is 0. The predicted molar refractivity (Wildman–Crippen MR) is 182 cm³/mol. The van der Waals surface area contributed by atoms with E-state index in [4.69, 9.17) is 0 Å². The van der Waals surface area contributed by atoms with E-state index < -0.39 is 0 Å². The minimum absolute atomic E-state index is 0. The van der Waals surface area contributed by atoms with Crippen molar-refractivity contribution >= 4 is 62.0 Å². The number of thiophene rings is 1. The third-order valence-corrected chi connectivity index (χ3v) is 8.41. The molecule has 2 N–H and O–H groups in total. The van der Waals surface area contributed by atoms with Crippen molar-refractivity contribution in [1.29, 1.82) is 0 Å². The van der Waals surface area contributed by atoms with Gasteiger partial charge in [-0.15, -0.1) is 24.8 Å². The first-order valence-electron chi connectivity index (χ1n) is 13.2. The Morgan fingerprint density at radius 3 is 1.32 bits per heavy atom. The second-order valence-corrected chi connectivity index (χ2v) is 13.3. The average molecular weight is 646 g/mol. The van der Waals surface area contributed by atoms with Gasteiger partial charge in [0.05, 0.1) is 0 Å². The molecule has 0 amide bonds. The van der Waals surface area contributed by atoms with Crippen molar-refractivity contribution in [2.75, 3.05) is 0 Å². The van der Waals surface area contributed by atoms with Crippen LogP contribution in [0.4, 0.5) is 0 Å². The van der Waals surface area contributed by atoms with Crippen molar-refractivity contribution in [1.82, 2.24) is 0 Å². The number of halogens is 2. The van der Waals surface area contributed by atoms with E-state index in [-0.39, 0.29) is 35.6 Å². The predicted octanol–water partition coefficient (Wildman–Crippen LogP) is 10.6. The van der Waals surface area contributed by atoms with Gasteiger partial charge in [-0.2, -0.15) is 0 Å². The fourth-order valence-corrected chi connectivity index (χ4v) is 5.70. The Kier molecular flexibility index (Phi) is 13.8. The summed E-state index contributed by atoms with van der Waals surface area (Å²) in [5.41, 5.74) is 4.91. The quantitative estimate of drug-likeness (QED) is 0.178. The number of phenols is 2. The summed E-state index contributed by atoms with van der Waals surface area (Å²) in [5.74, 6) is 0.761. The van der Waals surface area contributed by atoms with Gasteiger partial charge in [0.25, 0.3) is 0 Å². The molecule has 0 saturated carbocycles. The molecular formula is C35H42Cl2O2STi. The Hall–Kier alpha value is -2.14. The second kappa shape index (κ2) is 15.4. The third kappa shape index (κ3) is 9.17. The van der Waals surface area contributed by atoms with Crippen molar-refractivity contribution in [2.24, 2.45) is 0 Å². The zero-order valence-electron chi connectivity index (χ0n) is 25.2. The molecule has 0 aliphatic heterocycles. The third-order valence-electron chi connectivity index (χ3n) is 6.77. The van der Waals surface area contributed by atoms with Crippen LogP contribution in [0.3, 0.4) is 0 Å². The molecular weight excluding hydrogens is 603 g/mol. The molecule has 5 aromatic rings. The van der Waals surface area contributed by atoms with E-state index in [1.165, 1.54) is 27.1 Å². The molecule has 6 heteroatoms. The molecule has 0 unspecified atom stereocenters. The van der Waals surface area contributed by atoms with Crippen LogP contribution in [0.5, 0.6) is 11.5 Å². The summed E-state index contributed by atoms with van der Waals surface area (Å²) in [4.78, 5) is 1.35. The van der Waals surface area contributed by atoms with Gasteiger partial charge in [0.2, 0.25) is 0 Å². The molecule has 2 nitrogen and oxygen atoms in total. The van der Waals surface area contributed by atoms with Crippen LogP contribution >= 0.6 is 36.2 Å². The summed E-state index contributed by atoms with van der Waals surface area (Å²) < 4.78 is 2.10. The molecule has 0 spiro atoms. The van der Waals surface area contributed by atoms with Crippen LogP contribution in [0.25, 0.3) is 21.5 Å². The maximum absolute atomic E-state index is 10.0. The monoisotopic (exact) mass is 644 g/mol. The number of aryl methyl sites for hydroxylation is 2. The average Bonchev–Trinajstić information content (AvgIpc) is 3.42. The molecule has 0 aliphatic rings. The molecule has 0 aliphatic carbocycles. The number of hydrogen-bond acceptors (Lipinski definition) is 3. The molecule has 0 bridgehead atoms. The molecule has 0 radical (unpaired) electrons. The molecule has 218 valence electrons. The van der Waals surface area contributed by atoms with Gasteiger partial charge in [0.15, 0.2) is 0 Å². The van der Waals surface area contributed by atoms with Gasteiger partial charge < -0.3 is 10.2 Å². The summed E-state index contributed by atoms with van der Waals surface area (Å²) >= 11 is 3.81. The first kappa shape index (κ1) is 36.9. The number of rotatable bonds is 1. The van der Waals surface area contributed by atoms with E-state index in [1.54, 1.807) is 23.5 Å². The molecule has 41 heavy (non-hydrogen) atoms. The molecule has 0 saturated heterocycles. The second-order valence-electron chi connectivity index (χ2n) is 11.9. The first-order chi connectivity index (χ1) is 18.3. The van der Waals surface area contributed by atoms with Gasteiger partial charge in [0, 0.05) is 10.8 Å². The van der Waals surface area contributed by atoms with Crippen LogP contribution in [0.15, 0.2) is 78.2 Å². The van der Waals surface area contributed by atoms with Crippen LogP contribution in [-0.2, 0) is 30.8 Å². The fraction of sp³-hybridized carbons (Fsp3) is 0.286. The number of benzene rings is 4. The Balaban J connectivity index is 0.000000321. The Labute approximate surface area is 273 Å². The van der Waals surface area contributed by atoms with E-state index in [9.17, 15) is 10.2 Å². The van der Waals surface area contributed by atoms with Crippen LogP contribution in [0, 0.1) is 13.8 Å². The van der Waals surface area contributed by atoms with Crippen molar-refractivity contribution in [2.45, 2.75) is 66.2 Å². The van der Waals surface area contributed by atoms with E-state index in [2.05, 4.69) is 114 Å². The molecule has 0 atom stereocenters. The van der Waals surface area contributed by atoms with Gasteiger partial charge in [-0.25, -0.2) is 0 Å². The van der Waals surface area contributed by atoms with Crippen LogP contribution in [0.1, 0.15) is 68.7 Å². The maximum atomic E-state index is 10.0. The topological polar surface area (TPSA) is 40.5 Å². The fourth-order valence-electron chi connectivity index (χ4n) is 4.69. The van der Waals surface area contributed by atoms with Crippen LogP contribution in [0.2, 0.25) is 0 Å². The molecule has 1 heterocycles. The summed E-state index contributed by atoms with van der Waals surface area (Å²) in [6.45, 7) is 17.2. The van der Waals surface area contributed by atoms with Crippen LogP contribution < -0.4 is 0 Å². The van der Waals surface area contributed by atoms with Crippen LogP contribution in [-0.4, -0.2) is 14.5 Å². The minimum atomic E-state index is 0. The Morgan fingerprint density at radius 1 is 0.610 bits per heavy atom. The van der Waals surface area contributed by atoms with E-state index in [1.807, 2.05) is 32.1 Å². The van der Waals surface area contributed by atoms with Gasteiger partial charge in [-0.3, -0.25) is 0 Å². The first-order valence-corrected chi connectivity index (χ1v) is 15.0. The standard InChI is InChI=1S/2C15H18O.C5H4S.2ClH.Ti/c2*1-10-8-9-13(16)14-11(10)6-5-7-12(14)15(2,3)4;1-5-3-2-4-6-5;;;/h2*5-9,16H,1-4H3;1-4H;2*1H;.